The number of hydrogen-bond donors (Lipinski definition) is 0. The van der Waals surface area contributed by atoms with Gasteiger partial charge < -0.3 is 14.2 Å². The van der Waals surface area contributed by atoms with Gasteiger partial charge in [-0.3, -0.25) is 14.5 Å². The van der Waals surface area contributed by atoms with Crippen molar-refractivity contribution < 1.29 is 23.8 Å². The van der Waals surface area contributed by atoms with Gasteiger partial charge in [0.1, 0.15) is 12.4 Å². The molecule has 1 aliphatic rings. The van der Waals surface area contributed by atoms with Crippen LogP contribution in [0.25, 0.3) is 16.8 Å². The lowest BCUT2D eigenvalue weighted by Gasteiger charge is -2.15. The van der Waals surface area contributed by atoms with Crippen molar-refractivity contribution in [2.45, 2.75) is 13.3 Å². The van der Waals surface area contributed by atoms with Crippen molar-refractivity contribution in [3.8, 4) is 17.2 Å². The van der Waals surface area contributed by atoms with Crippen LogP contribution in [0.5, 0.6) is 17.2 Å². The molecule has 0 bridgehead atoms. The second-order valence-electron chi connectivity index (χ2n) is 7.38. The monoisotopic (exact) mass is 463 g/mol. The second-order valence-corrected chi connectivity index (χ2v) is 8.37. The zero-order chi connectivity index (χ0) is 23.2. The van der Waals surface area contributed by atoms with Crippen molar-refractivity contribution in [3.05, 3.63) is 71.1 Å². The largest absolute Gasteiger partial charge is 0.493 e. The highest BCUT2D eigenvalue weighted by Crippen LogP contribution is 2.37. The molecule has 1 aliphatic heterocycles. The summed E-state index contributed by atoms with van der Waals surface area (Å²) in [7, 11) is 1.56. The Morgan fingerprint density at radius 1 is 0.879 bits per heavy atom. The Bertz CT molecular complexity index is 1210. The predicted octanol–water partition coefficient (Wildman–Crippen LogP) is 5.75. The number of nitrogens with zero attached hydrogens (tertiary/aromatic N) is 1. The number of benzene rings is 3. The standard InChI is InChI=1S/C26H25NO5S/c1-3-15-31-21-13-12-18-8-4-5-9-19(18)20(21)17-24-25(28)27(26(29)33-24)14-16-32-23-11-7-6-10-22(23)30-2/h4-13,17H,3,14-16H2,1-2H3/b24-17-. The molecule has 0 aliphatic carbocycles. The summed E-state index contributed by atoms with van der Waals surface area (Å²) < 4.78 is 16.9. The third-order valence-electron chi connectivity index (χ3n) is 5.18. The van der Waals surface area contributed by atoms with Crippen LogP contribution in [0.1, 0.15) is 18.9 Å². The van der Waals surface area contributed by atoms with Crippen LogP contribution in [0.15, 0.2) is 65.6 Å². The van der Waals surface area contributed by atoms with E-state index in [4.69, 9.17) is 14.2 Å². The van der Waals surface area contributed by atoms with Crippen LogP contribution >= 0.6 is 11.8 Å². The third-order valence-corrected chi connectivity index (χ3v) is 6.09. The number of rotatable bonds is 9. The highest BCUT2D eigenvalue weighted by molar-refractivity contribution is 8.18. The van der Waals surface area contributed by atoms with Crippen molar-refractivity contribution in [2.75, 3.05) is 26.9 Å². The summed E-state index contributed by atoms with van der Waals surface area (Å²) in [5.41, 5.74) is 0.803. The van der Waals surface area contributed by atoms with Gasteiger partial charge in [-0.05, 0) is 53.2 Å². The van der Waals surface area contributed by atoms with Gasteiger partial charge in [0.2, 0.25) is 0 Å². The number of carbonyl (C=O) groups is 2. The highest BCUT2D eigenvalue weighted by atomic mass is 32.2. The fourth-order valence-electron chi connectivity index (χ4n) is 3.57. The Kier molecular flexibility index (Phi) is 7.19. The first-order chi connectivity index (χ1) is 16.1. The SMILES string of the molecule is CCCOc1ccc2ccccc2c1/C=C1\SC(=O)N(CCOc2ccccc2OC)C1=O. The quantitative estimate of drug-likeness (QED) is 0.376. The molecule has 2 amide bonds. The molecule has 7 heteroatoms. The molecule has 3 aromatic rings. The lowest BCUT2D eigenvalue weighted by atomic mass is 10.0. The van der Waals surface area contributed by atoms with Crippen molar-refractivity contribution in [1.29, 1.82) is 0 Å². The average Bonchev–Trinajstić information content (AvgIpc) is 3.11. The normalized spacial score (nSPS) is 14.8. The van der Waals surface area contributed by atoms with E-state index in [1.54, 1.807) is 25.3 Å². The van der Waals surface area contributed by atoms with E-state index in [0.717, 1.165) is 34.5 Å². The molecular formula is C26H25NO5S. The zero-order valence-electron chi connectivity index (χ0n) is 18.6. The van der Waals surface area contributed by atoms with Gasteiger partial charge in [-0.15, -0.1) is 0 Å². The van der Waals surface area contributed by atoms with Gasteiger partial charge in [0.05, 0.1) is 25.2 Å². The Balaban J connectivity index is 1.55. The third kappa shape index (κ3) is 4.98. The molecule has 0 atom stereocenters. The molecule has 0 N–H and O–H groups in total. The number of imide groups is 1. The fourth-order valence-corrected chi connectivity index (χ4v) is 4.42. The van der Waals surface area contributed by atoms with Crippen molar-refractivity contribution in [3.63, 3.8) is 0 Å². The van der Waals surface area contributed by atoms with Gasteiger partial charge in [-0.25, -0.2) is 0 Å². The molecule has 0 unspecified atom stereocenters. The maximum Gasteiger partial charge on any atom is 0.293 e. The Labute approximate surface area is 197 Å². The highest BCUT2D eigenvalue weighted by Gasteiger charge is 2.35. The van der Waals surface area contributed by atoms with E-state index in [1.165, 1.54) is 4.90 Å². The molecule has 1 heterocycles. The lowest BCUT2D eigenvalue weighted by Crippen LogP contribution is -2.32. The molecule has 4 rings (SSSR count). The number of fused-ring (bicyclic) bond motifs is 1. The van der Waals surface area contributed by atoms with Gasteiger partial charge >= 0.3 is 0 Å². The van der Waals surface area contributed by atoms with Crippen LogP contribution in [-0.4, -0.2) is 42.9 Å². The molecule has 0 spiro atoms. The van der Waals surface area contributed by atoms with Gasteiger partial charge in [0, 0.05) is 5.56 Å². The molecule has 1 saturated heterocycles. The molecule has 1 fully saturated rings. The van der Waals surface area contributed by atoms with Crippen molar-refractivity contribution in [2.24, 2.45) is 0 Å². The first kappa shape index (κ1) is 22.7. The minimum Gasteiger partial charge on any atom is -0.493 e. The summed E-state index contributed by atoms with van der Waals surface area (Å²) >= 11 is 0.934. The maximum absolute atomic E-state index is 13.0. The van der Waals surface area contributed by atoms with Crippen LogP contribution in [0.3, 0.4) is 0 Å². The van der Waals surface area contributed by atoms with E-state index < -0.39 is 0 Å². The van der Waals surface area contributed by atoms with Crippen molar-refractivity contribution >= 4 is 39.8 Å². The smallest absolute Gasteiger partial charge is 0.293 e. The first-order valence-electron chi connectivity index (χ1n) is 10.8. The van der Waals surface area contributed by atoms with Gasteiger partial charge in [0.25, 0.3) is 11.1 Å². The average molecular weight is 464 g/mol. The van der Waals surface area contributed by atoms with E-state index in [-0.39, 0.29) is 24.3 Å². The fraction of sp³-hybridized carbons (Fsp3) is 0.231. The van der Waals surface area contributed by atoms with Gasteiger partial charge in [0.15, 0.2) is 11.5 Å². The van der Waals surface area contributed by atoms with Crippen LogP contribution in [0.4, 0.5) is 4.79 Å². The topological polar surface area (TPSA) is 65.1 Å². The summed E-state index contributed by atoms with van der Waals surface area (Å²) in [6, 6.07) is 19.1. The predicted molar refractivity (Wildman–Crippen MR) is 131 cm³/mol. The van der Waals surface area contributed by atoms with Gasteiger partial charge in [-0.2, -0.15) is 0 Å². The Morgan fingerprint density at radius 2 is 1.61 bits per heavy atom. The minimum absolute atomic E-state index is 0.148. The van der Waals surface area contributed by atoms with E-state index >= 15 is 0 Å². The van der Waals surface area contributed by atoms with E-state index in [1.807, 2.05) is 55.5 Å². The minimum atomic E-state index is -0.331. The van der Waals surface area contributed by atoms with Crippen LogP contribution in [0, 0.1) is 0 Å². The summed E-state index contributed by atoms with van der Waals surface area (Å²) in [6.07, 6.45) is 2.63. The number of thioether (sulfide) groups is 1. The number of hydrogen-bond acceptors (Lipinski definition) is 6. The van der Waals surface area contributed by atoms with Crippen molar-refractivity contribution in [1.82, 2.24) is 4.90 Å². The second kappa shape index (κ2) is 10.4. The molecule has 0 aromatic heterocycles. The number of ether oxygens (including phenoxy) is 3. The van der Waals surface area contributed by atoms with Crippen LogP contribution in [-0.2, 0) is 4.79 Å². The molecular weight excluding hydrogens is 438 g/mol. The molecule has 170 valence electrons. The summed E-state index contributed by atoms with van der Waals surface area (Å²) in [6.45, 7) is 2.93. The van der Waals surface area contributed by atoms with Gasteiger partial charge in [-0.1, -0.05) is 49.4 Å². The Morgan fingerprint density at radius 3 is 2.39 bits per heavy atom. The number of para-hydroxylation sites is 2. The van der Waals surface area contributed by atoms with E-state index in [0.29, 0.717) is 28.8 Å². The maximum atomic E-state index is 13.0. The summed E-state index contributed by atoms with van der Waals surface area (Å²) in [5.74, 6) is 1.53. The zero-order valence-corrected chi connectivity index (χ0v) is 19.4. The van der Waals surface area contributed by atoms with E-state index in [9.17, 15) is 9.59 Å². The molecule has 3 aromatic carbocycles. The first-order valence-corrected chi connectivity index (χ1v) is 11.6. The number of methoxy groups -OCH3 is 1. The number of carbonyl (C=O) groups excluding carboxylic acids is 2. The van der Waals surface area contributed by atoms with Crippen LogP contribution < -0.4 is 14.2 Å². The molecule has 33 heavy (non-hydrogen) atoms. The molecule has 6 nitrogen and oxygen atoms in total. The number of amides is 2. The Hall–Kier alpha value is -3.45. The van der Waals surface area contributed by atoms with E-state index in [2.05, 4.69) is 0 Å². The summed E-state index contributed by atoms with van der Waals surface area (Å²) in [4.78, 5) is 27.2. The lowest BCUT2D eigenvalue weighted by molar-refractivity contribution is -0.123. The molecule has 0 radical (unpaired) electrons. The summed E-state index contributed by atoms with van der Waals surface area (Å²) in [5, 5.41) is 1.69. The molecule has 0 saturated carbocycles. The van der Waals surface area contributed by atoms with Crippen LogP contribution in [0.2, 0.25) is 0 Å².